The van der Waals surface area contributed by atoms with Crippen molar-refractivity contribution >= 4 is 17.6 Å². The number of para-hydroxylation sites is 2. The summed E-state index contributed by atoms with van der Waals surface area (Å²) in [5.74, 6) is 1.75. The molecule has 2 saturated heterocycles. The maximum absolute atomic E-state index is 11.3. The quantitative estimate of drug-likeness (QED) is 0.289. The zero-order valence-electron chi connectivity index (χ0n) is 19.7. The van der Waals surface area contributed by atoms with Gasteiger partial charge in [-0.25, -0.2) is 0 Å². The lowest BCUT2D eigenvalue weighted by Crippen LogP contribution is -2.44. The van der Waals surface area contributed by atoms with Gasteiger partial charge in [0.2, 0.25) is 5.91 Å². The van der Waals surface area contributed by atoms with Crippen molar-refractivity contribution in [2.45, 2.75) is 45.1 Å². The summed E-state index contributed by atoms with van der Waals surface area (Å²) in [5.41, 5.74) is 6.58. The maximum Gasteiger partial charge on any atom is 0.220 e. The third kappa shape index (κ3) is 7.02. The number of rotatable bonds is 10. The lowest BCUT2D eigenvalue weighted by Gasteiger charge is -2.30. The predicted molar refractivity (Wildman–Crippen MR) is 130 cm³/mol. The number of anilines is 1. The van der Waals surface area contributed by atoms with Crippen molar-refractivity contribution in [3.05, 3.63) is 24.3 Å². The topological polar surface area (TPSA) is 95.2 Å². The summed E-state index contributed by atoms with van der Waals surface area (Å²) < 4.78 is 5.53. The number of guanidine groups is 1. The maximum atomic E-state index is 11.3. The van der Waals surface area contributed by atoms with Gasteiger partial charge >= 0.3 is 0 Å². The number of nitrogens with one attached hydrogen (secondary N) is 2. The number of piperidine rings is 1. The van der Waals surface area contributed by atoms with Gasteiger partial charge in [-0.3, -0.25) is 9.79 Å². The van der Waals surface area contributed by atoms with E-state index >= 15 is 0 Å². The van der Waals surface area contributed by atoms with Crippen molar-refractivity contribution in [2.75, 3.05) is 57.8 Å². The van der Waals surface area contributed by atoms with Gasteiger partial charge in [-0.2, -0.15) is 0 Å². The molecule has 0 saturated carbocycles. The predicted octanol–water partition coefficient (Wildman–Crippen LogP) is 1.81. The first-order valence-corrected chi connectivity index (χ1v) is 12.0. The Morgan fingerprint density at radius 2 is 1.97 bits per heavy atom. The molecule has 2 aliphatic rings. The molecule has 1 aromatic rings. The summed E-state index contributed by atoms with van der Waals surface area (Å²) in [7, 11) is 1.73. The van der Waals surface area contributed by atoms with E-state index in [1.807, 2.05) is 12.1 Å². The first-order chi connectivity index (χ1) is 15.6. The normalized spacial score (nSPS) is 20.4. The van der Waals surface area contributed by atoms with Crippen LogP contribution in [0.4, 0.5) is 5.69 Å². The second kappa shape index (κ2) is 12.5. The van der Waals surface area contributed by atoms with Crippen LogP contribution in [0.25, 0.3) is 0 Å². The van der Waals surface area contributed by atoms with Crippen LogP contribution >= 0.6 is 0 Å². The molecule has 1 unspecified atom stereocenters. The van der Waals surface area contributed by atoms with Crippen molar-refractivity contribution in [1.82, 2.24) is 15.5 Å². The molecule has 0 aromatic heterocycles. The molecule has 0 aliphatic carbocycles. The second-order valence-corrected chi connectivity index (χ2v) is 8.73. The van der Waals surface area contributed by atoms with Crippen LogP contribution < -0.4 is 26.0 Å². The molecule has 1 atom stereocenters. The van der Waals surface area contributed by atoms with Crippen LogP contribution in [0.15, 0.2) is 29.3 Å². The Balaban J connectivity index is 1.39. The van der Waals surface area contributed by atoms with E-state index in [-0.39, 0.29) is 11.8 Å². The highest BCUT2D eigenvalue weighted by Gasteiger charge is 2.25. The van der Waals surface area contributed by atoms with Crippen molar-refractivity contribution in [2.24, 2.45) is 16.6 Å². The van der Waals surface area contributed by atoms with E-state index in [1.165, 1.54) is 0 Å². The monoisotopic (exact) mass is 444 g/mol. The van der Waals surface area contributed by atoms with Gasteiger partial charge in [0.15, 0.2) is 5.96 Å². The number of amides is 1. The fourth-order valence-electron chi connectivity index (χ4n) is 4.58. The summed E-state index contributed by atoms with van der Waals surface area (Å²) in [6.07, 6.45) is 5.05. The molecule has 2 heterocycles. The van der Waals surface area contributed by atoms with E-state index in [0.29, 0.717) is 6.04 Å². The first kappa shape index (κ1) is 24.2. The van der Waals surface area contributed by atoms with Crippen LogP contribution in [0.1, 0.15) is 39.0 Å². The number of ether oxygens (including phenoxy) is 1. The van der Waals surface area contributed by atoms with Crippen LogP contribution in [-0.4, -0.2) is 75.7 Å². The fourth-order valence-corrected chi connectivity index (χ4v) is 4.58. The van der Waals surface area contributed by atoms with Crippen molar-refractivity contribution in [3.8, 4) is 5.75 Å². The second-order valence-electron chi connectivity index (χ2n) is 8.73. The Kier molecular flexibility index (Phi) is 9.46. The smallest absolute Gasteiger partial charge is 0.220 e. The van der Waals surface area contributed by atoms with Crippen LogP contribution in [0, 0.1) is 5.92 Å². The van der Waals surface area contributed by atoms with Crippen LogP contribution in [0.2, 0.25) is 0 Å². The minimum Gasteiger partial charge on any atom is -0.495 e. The molecule has 2 aliphatic heterocycles. The molecule has 178 valence electrons. The third-order valence-corrected chi connectivity index (χ3v) is 6.44. The summed E-state index contributed by atoms with van der Waals surface area (Å²) in [4.78, 5) is 20.9. The van der Waals surface area contributed by atoms with Gasteiger partial charge in [0.1, 0.15) is 5.75 Å². The summed E-state index contributed by atoms with van der Waals surface area (Å²) in [6.45, 7) is 8.73. The van der Waals surface area contributed by atoms with E-state index < -0.39 is 0 Å². The van der Waals surface area contributed by atoms with E-state index in [1.54, 1.807) is 7.11 Å². The van der Waals surface area contributed by atoms with Gasteiger partial charge < -0.3 is 30.9 Å². The molecule has 1 amide bonds. The summed E-state index contributed by atoms with van der Waals surface area (Å²) in [5, 5.41) is 7.00. The van der Waals surface area contributed by atoms with E-state index in [0.717, 1.165) is 95.3 Å². The lowest BCUT2D eigenvalue weighted by molar-refractivity contribution is -0.123. The average Bonchev–Trinajstić information content (AvgIpc) is 3.27. The molecular weight excluding hydrogens is 404 g/mol. The van der Waals surface area contributed by atoms with Crippen molar-refractivity contribution < 1.29 is 9.53 Å². The fraction of sp³-hybridized carbons (Fsp3) is 0.667. The number of nitrogens with zero attached hydrogens (tertiary/aromatic N) is 3. The number of unbranched alkanes of at least 4 members (excludes halogenated alkanes) is 1. The van der Waals surface area contributed by atoms with Gasteiger partial charge in [0.05, 0.1) is 12.8 Å². The molecule has 8 heteroatoms. The number of methoxy groups -OCH3 is 1. The number of nitrogens with two attached hydrogens (primary N) is 1. The molecule has 3 rings (SSSR count). The average molecular weight is 445 g/mol. The Bertz CT molecular complexity index is 748. The molecule has 0 spiro atoms. The van der Waals surface area contributed by atoms with Gasteiger partial charge in [0, 0.05) is 38.1 Å². The van der Waals surface area contributed by atoms with Crippen molar-refractivity contribution in [1.29, 1.82) is 0 Å². The Labute approximate surface area is 192 Å². The highest BCUT2D eigenvalue weighted by atomic mass is 16.5. The van der Waals surface area contributed by atoms with E-state index in [9.17, 15) is 4.79 Å². The number of benzene rings is 1. The Hall–Kier alpha value is -2.48. The van der Waals surface area contributed by atoms with Gasteiger partial charge in [-0.1, -0.05) is 12.1 Å². The molecular formula is C24H40N6O2. The minimum atomic E-state index is -0.143. The SMILES string of the molecule is CCNC(=NCCCCN1CCC(C(N)=O)CC1)NC1CCN(c2ccccc2OC)C1. The number of carbonyl (C=O) groups excluding carboxylic acids is 1. The zero-order chi connectivity index (χ0) is 22.8. The number of hydrogen-bond donors (Lipinski definition) is 3. The number of aliphatic imine (C=N–C) groups is 1. The molecule has 4 N–H and O–H groups in total. The van der Waals surface area contributed by atoms with E-state index in [2.05, 4.69) is 39.5 Å². The summed E-state index contributed by atoms with van der Waals surface area (Å²) >= 11 is 0. The number of likely N-dealkylation sites (tertiary alicyclic amines) is 1. The largest absolute Gasteiger partial charge is 0.495 e. The summed E-state index contributed by atoms with van der Waals surface area (Å²) in [6, 6.07) is 8.57. The van der Waals surface area contributed by atoms with E-state index in [4.69, 9.17) is 15.5 Å². The third-order valence-electron chi connectivity index (χ3n) is 6.44. The molecule has 0 radical (unpaired) electrons. The van der Waals surface area contributed by atoms with Crippen LogP contribution in [0.3, 0.4) is 0 Å². The number of carbonyl (C=O) groups is 1. The van der Waals surface area contributed by atoms with Gasteiger partial charge in [-0.15, -0.1) is 0 Å². The van der Waals surface area contributed by atoms with Crippen molar-refractivity contribution in [3.63, 3.8) is 0 Å². The standard InChI is InChI=1S/C24H40N6O2/c1-3-26-24(27-13-6-7-14-29-15-10-19(11-16-29)23(25)31)28-20-12-17-30(18-20)21-8-4-5-9-22(21)32-2/h4-5,8-9,19-20H,3,6-7,10-18H2,1-2H3,(H2,25,31)(H2,26,27,28). The first-order valence-electron chi connectivity index (χ1n) is 12.0. The zero-order valence-corrected chi connectivity index (χ0v) is 19.7. The van der Waals surface area contributed by atoms with Gasteiger partial charge in [0.25, 0.3) is 0 Å². The molecule has 1 aromatic carbocycles. The highest BCUT2D eigenvalue weighted by Crippen LogP contribution is 2.30. The number of primary amides is 1. The minimum absolute atomic E-state index is 0.0686. The molecule has 8 nitrogen and oxygen atoms in total. The molecule has 0 bridgehead atoms. The molecule has 32 heavy (non-hydrogen) atoms. The lowest BCUT2D eigenvalue weighted by atomic mass is 9.96. The van der Waals surface area contributed by atoms with Gasteiger partial charge in [-0.05, 0) is 70.8 Å². The molecule has 2 fully saturated rings. The Morgan fingerprint density at radius 1 is 1.19 bits per heavy atom. The Morgan fingerprint density at radius 3 is 2.69 bits per heavy atom. The van der Waals surface area contributed by atoms with Crippen LogP contribution in [-0.2, 0) is 4.79 Å². The highest BCUT2D eigenvalue weighted by molar-refractivity contribution is 5.80. The van der Waals surface area contributed by atoms with Crippen LogP contribution in [0.5, 0.6) is 5.75 Å². The number of hydrogen-bond acceptors (Lipinski definition) is 5.